The average Bonchev–Trinajstić information content (AvgIpc) is 3.77. The van der Waals surface area contributed by atoms with Gasteiger partial charge in [-0.15, -0.1) is 11.1 Å². The minimum absolute atomic E-state index is 0. The zero-order chi connectivity index (χ0) is 30.5. The summed E-state index contributed by atoms with van der Waals surface area (Å²) in [6.07, 6.45) is 13.1. The Morgan fingerprint density at radius 3 is 1.68 bits per heavy atom. The summed E-state index contributed by atoms with van der Waals surface area (Å²) in [5, 5.41) is 0. The van der Waals surface area contributed by atoms with Crippen LogP contribution in [0.15, 0.2) is 60.7 Å². The third kappa shape index (κ3) is 10.3. The van der Waals surface area contributed by atoms with E-state index in [0.717, 1.165) is 30.1 Å². The molecule has 0 aromatic heterocycles. The third-order valence-electron chi connectivity index (χ3n) is 10.2. The number of hydrogen-bond donors (Lipinski definition) is 0. The molecule has 2 saturated carbocycles. The van der Waals surface area contributed by atoms with Gasteiger partial charge in [-0.3, -0.25) is 0 Å². The van der Waals surface area contributed by atoms with Crippen molar-refractivity contribution in [3.63, 3.8) is 0 Å². The Morgan fingerprint density at radius 2 is 1.25 bits per heavy atom. The topological polar surface area (TPSA) is 0 Å². The maximum Gasteiger partial charge on any atom is -0.172 e. The van der Waals surface area contributed by atoms with Crippen LogP contribution >= 0.6 is 0 Å². The zero-order valence-corrected chi connectivity index (χ0v) is 32.7. The Bertz CT molecular complexity index is 1180. The summed E-state index contributed by atoms with van der Waals surface area (Å²) in [6, 6.07) is 25.2. The summed E-state index contributed by atoms with van der Waals surface area (Å²) in [5.41, 5.74) is 8.70. The van der Waals surface area contributed by atoms with Crippen LogP contribution < -0.4 is 24.8 Å². The molecule has 0 spiro atoms. The van der Waals surface area contributed by atoms with Gasteiger partial charge in [-0.1, -0.05) is 65.3 Å². The van der Waals surface area contributed by atoms with Crippen molar-refractivity contribution in [1.29, 1.82) is 0 Å². The van der Waals surface area contributed by atoms with E-state index in [-0.39, 0.29) is 35.6 Å². The van der Waals surface area contributed by atoms with Crippen LogP contribution in [0.25, 0.3) is 11.1 Å². The number of benzene rings is 2. The van der Waals surface area contributed by atoms with Gasteiger partial charge in [0.05, 0.1) is 0 Å². The van der Waals surface area contributed by atoms with E-state index in [2.05, 4.69) is 91.8 Å². The molecule has 3 heteroatoms. The summed E-state index contributed by atoms with van der Waals surface area (Å²) in [4.78, 5) is 0. The van der Waals surface area contributed by atoms with Crippen molar-refractivity contribution in [1.82, 2.24) is 0 Å². The molecule has 0 aliphatic heterocycles. The van der Waals surface area contributed by atoms with Gasteiger partial charge in [0, 0.05) is 0 Å². The van der Waals surface area contributed by atoms with Gasteiger partial charge in [0.1, 0.15) is 0 Å². The van der Waals surface area contributed by atoms with Crippen molar-refractivity contribution in [3.05, 3.63) is 89.0 Å². The predicted octanol–water partition coefficient (Wildman–Crippen LogP) is 5.42. The van der Waals surface area contributed by atoms with Gasteiger partial charge in [0.25, 0.3) is 0 Å². The monoisotopic (exact) mass is 708 g/mol. The smallest absolute Gasteiger partial charge is 0.172 e. The molecule has 2 unspecified atom stereocenters. The first-order valence-corrected chi connectivity index (χ1v) is 18.0. The van der Waals surface area contributed by atoms with Gasteiger partial charge in [-0.25, -0.2) is 12.1 Å². The second kappa shape index (κ2) is 17.3. The first-order valence-electron chi connectivity index (χ1n) is 16.8. The molecule has 0 nitrogen and oxygen atoms in total. The first-order chi connectivity index (χ1) is 19.9. The van der Waals surface area contributed by atoms with Gasteiger partial charge in [-0.2, -0.15) is 42.0 Å². The normalized spacial score (nSPS) is 17.5. The Labute approximate surface area is 298 Å². The average molecular weight is 711 g/mol. The van der Waals surface area contributed by atoms with Crippen molar-refractivity contribution >= 4 is 3.21 Å². The molecule has 3 aliphatic carbocycles. The summed E-state index contributed by atoms with van der Waals surface area (Å²) in [6.45, 7) is 18.6. The van der Waals surface area contributed by atoms with Gasteiger partial charge in [0.2, 0.25) is 0 Å². The molecule has 3 aliphatic rings. The fraction of sp³-hybridized carbons (Fsp3) is 0.561. The number of rotatable bonds is 4. The minimum atomic E-state index is 0. The molecular formula is C41H56Cl2Zr-2. The third-order valence-corrected chi connectivity index (χ3v) is 12.5. The van der Waals surface area contributed by atoms with Crippen LogP contribution in [0.4, 0.5) is 0 Å². The molecule has 240 valence electrons. The van der Waals surface area contributed by atoms with E-state index < -0.39 is 0 Å². The van der Waals surface area contributed by atoms with E-state index in [1.807, 2.05) is 33.5 Å². The molecular weight excluding hydrogens is 655 g/mol. The molecule has 2 fully saturated rings. The van der Waals surface area contributed by atoms with Gasteiger partial charge in [0.15, 0.2) is 0 Å². The molecule has 2 atom stereocenters. The molecule has 6 rings (SSSR count). The van der Waals surface area contributed by atoms with Crippen LogP contribution in [0, 0.1) is 29.7 Å². The largest absolute Gasteiger partial charge is 1.00 e. The zero-order valence-electron chi connectivity index (χ0n) is 28.7. The molecule has 0 heterocycles. The Hall–Kier alpha value is -0.877. The van der Waals surface area contributed by atoms with Crippen molar-refractivity contribution in [2.24, 2.45) is 23.7 Å². The molecule has 0 bridgehead atoms. The van der Waals surface area contributed by atoms with Crippen LogP contribution in [-0.4, -0.2) is 3.21 Å². The summed E-state index contributed by atoms with van der Waals surface area (Å²) in [5.74, 6) is 3.93. The summed E-state index contributed by atoms with van der Waals surface area (Å²) >= 11 is 1.73. The van der Waals surface area contributed by atoms with Crippen molar-refractivity contribution in [3.8, 4) is 11.1 Å². The second-order valence-corrected chi connectivity index (χ2v) is 16.8. The van der Waals surface area contributed by atoms with E-state index in [9.17, 15) is 0 Å². The standard InChI is InChI=1S/C21H25.C15H26.C5H5.2ClH.Zr/c1-20(2,3)16-7-9-18-14(12-16)11-15-13-17(21(4,5)6)8-10-19(15)18;1-12(14-7-3-4-8-14)11-13(2)15-9-5-6-10-15;1-2-4-5-3-1;;;/h7-10,12H,11H2,1-6H3;12-15H,3-10H2,1-2H3;1-5H;2*1H;/q-1;;-1;;;+2/p-2. The van der Waals surface area contributed by atoms with E-state index in [1.165, 1.54) is 84.7 Å². The number of fused-ring (bicyclic) bond motifs is 3. The second-order valence-electron chi connectivity index (χ2n) is 15.4. The predicted molar refractivity (Wildman–Crippen MR) is 180 cm³/mol. The minimum Gasteiger partial charge on any atom is -1.00 e. The van der Waals surface area contributed by atoms with Crippen molar-refractivity contribution < 1.29 is 49.0 Å². The molecule has 0 N–H and O–H groups in total. The molecule has 0 amide bonds. The number of hydrogen-bond acceptors (Lipinski definition) is 0. The van der Waals surface area contributed by atoms with Crippen LogP contribution in [0.1, 0.15) is 129 Å². The fourth-order valence-corrected chi connectivity index (χ4v) is 8.34. The maximum atomic E-state index is 3.67. The van der Waals surface area contributed by atoms with Crippen molar-refractivity contribution in [2.45, 2.75) is 124 Å². The first kappa shape index (κ1) is 39.3. The van der Waals surface area contributed by atoms with Crippen molar-refractivity contribution in [2.75, 3.05) is 0 Å². The Morgan fingerprint density at radius 1 is 0.750 bits per heavy atom. The van der Waals surface area contributed by atoms with Crippen LogP contribution in [-0.2, 0) is 41.5 Å². The molecule has 0 saturated heterocycles. The molecule has 0 radical (unpaired) electrons. The quantitative estimate of drug-likeness (QED) is 0.248. The van der Waals surface area contributed by atoms with Gasteiger partial charge >= 0.3 is 116 Å². The molecule has 44 heavy (non-hydrogen) atoms. The van der Waals surface area contributed by atoms with E-state index in [1.54, 1.807) is 24.2 Å². The number of halogens is 2. The summed E-state index contributed by atoms with van der Waals surface area (Å²) < 4.78 is 1.91. The molecule has 3 aromatic rings. The van der Waals surface area contributed by atoms with Crippen LogP contribution in [0.2, 0.25) is 0 Å². The van der Waals surface area contributed by atoms with Gasteiger partial charge in [-0.05, 0) is 28.4 Å². The van der Waals surface area contributed by atoms with E-state index in [4.69, 9.17) is 0 Å². The fourth-order valence-electron chi connectivity index (χ4n) is 7.19. The van der Waals surface area contributed by atoms with E-state index in [0.29, 0.717) is 0 Å². The van der Waals surface area contributed by atoms with E-state index >= 15 is 0 Å². The van der Waals surface area contributed by atoms with Gasteiger partial charge < -0.3 is 24.8 Å². The SMILES string of the molecule is CC(C)(C)c1[c-]c2c(cc1)-c1ccc(C(C)(C)C)cc1C2.CC([C](=[Zr+2])C(C)C1CCCC1)C1CCCC1.[Cl-].[Cl-].c1cc[cH-]c1. The van der Waals surface area contributed by atoms with Crippen LogP contribution in [0.5, 0.6) is 0 Å². The molecule has 3 aromatic carbocycles. The van der Waals surface area contributed by atoms with Crippen LogP contribution in [0.3, 0.4) is 0 Å². The maximum absolute atomic E-state index is 3.67. The Kier molecular flexibility index (Phi) is 15.5. The Balaban J connectivity index is 0.000000260. The summed E-state index contributed by atoms with van der Waals surface area (Å²) in [7, 11) is 0.